The van der Waals surface area contributed by atoms with E-state index in [4.69, 9.17) is 4.84 Å². The van der Waals surface area contributed by atoms with Gasteiger partial charge >= 0.3 is 0 Å². The summed E-state index contributed by atoms with van der Waals surface area (Å²) in [5.41, 5.74) is 3.56. The zero-order chi connectivity index (χ0) is 20.0. The van der Waals surface area contributed by atoms with Crippen LogP contribution in [0.25, 0.3) is 0 Å². The van der Waals surface area contributed by atoms with E-state index in [9.17, 15) is 8.78 Å². The molecular weight excluding hydrogens is 344 g/mol. The van der Waals surface area contributed by atoms with E-state index < -0.39 is 11.6 Å². The van der Waals surface area contributed by atoms with Crippen LogP contribution in [0.3, 0.4) is 0 Å². The van der Waals surface area contributed by atoms with Crippen LogP contribution in [0.5, 0.6) is 0 Å². The van der Waals surface area contributed by atoms with Gasteiger partial charge in [0.2, 0.25) is 0 Å². The van der Waals surface area contributed by atoms with Gasteiger partial charge in [0.1, 0.15) is 11.6 Å². The first-order chi connectivity index (χ1) is 12.9. The second kappa shape index (κ2) is 9.95. The molecule has 148 valence electrons. The molecule has 0 saturated carbocycles. The molecule has 0 aliphatic carbocycles. The molecule has 1 atom stereocenters. The zero-order valence-corrected chi connectivity index (χ0v) is 17.1. The second-order valence-corrected chi connectivity index (χ2v) is 7.16. The van der Waals surface area contributed by atoms with Crippen LogP contribution in [0.2, 0.25) is 0 Å². The van der Waals surface area contributed by atoms with Crippen LogP contribution < -0.4 is 0 Å². The molecule has 0 aromatic heterocycles. The Hall–Kier alpha value is -1.78. The number of hydrogen-bond donors (Lipinski definition) is 0. The van der Waals surface area contributed by atoms with Gasteiger partial charge in [-0.15, -0.1) is 0 Å². The summed E-state index contributed by atoms with van der Waals surface area (Å²) in [6.45, 7) is 8.96. The SMILES string of the molecule is CCC(CC)N(CC(Cc1c(F)cccc1F)c1c(C)cccc1C)OC. The smallest absolute Gasteiger partial charge is 0.129 e. The minimum atomic E-state index is -0.488. The third-order valence-electron chi connectivity index (χ3n) is 5.45. The molecule has 0 N–H and O–H groups in total. The van der Waals surface area contributed by atoms with Crippen molar-refractivity contribution >= 4 is 0 Å². The maximum atomic E-state index is 14.4. The van der Waals surface area contributed by atoms with Crippen molar-refractivity contribution in [1.82, 2.24) is 5.06 Å². The summed E-state index contributed by atoms with van der Waals surface area (Å²) < 4.78 is 28.7. The van der Waals surface area contributed by atoms with E-state index in [2.05, 4.69) is 39.8 Å². The summed E-state index contributed by atoms with van der Waals surface area (Å²) in [7, 11) is 1.67. The number of hydrogen-bond acceptors (Lipinski definition) is 2. The minimum Gasteiger partial charge on any atom is -0.302 e. The van der Waals surface area contributed by atoms with Crippen LogP contribution in [-0.2, 0) is 11.3 Å². The minimum absolute atomic E-state index is 0.0712. The largest absolute Gasteiger partial charge is 0.302 e. The van der Waals surface area contributed by atoms with Crippen LogP contribution in [-0.4, -0.2) is 24.8 Å². The lowest BCUT2D eigenvalue weighted by Gasteiger charge is -2.33. The third-order valence-corrected chi connectivity index (χ3v) is 5.45. The van der Waals surface area contributed by atoms with E-state index >= 15 is 0 Å². The molecule has 0 radical (unpaired) electrons. The van der Waals surface area contributed by atoms with E-state index in [0.29, 0.717) is 13.0 Å². The summed E-state index contributed by atoms with van der Waals surface area (Å²) >= 11 is 0. The molecule has 0 amide bonds. The quantitative estimate of drug-likeness (QED) is 0.501. The predicted molar refractivity (Wildman–Crippen MR) is 107 cm³/mol. The Labute approximate surface area is 162 Å². The summed E-state index contributed by atoms with van der Waals surface area (Å²) in [6, 6.07) is 10.5. The van der Waals surface area contributed by atoms with Crippen LogP contribution >= 0.6 is 0 Å². The topological polar surface area (TPSA) is 12.5 Å². The second-order valence-electron chi connectivity index (χ2n) is 7.16. The average molecular weight is 376 g/mol. The normalized spacial score (nSPS) is 12.8. The number of rotatable bonds is 9. The molecular formula is C23H31F2NO. The van der Waals surface area contributed by atoms with Crippen molar-refractivity contribution in [2.45, 2.75) is 58.9 Å². The van der Waals surface area contributed by atoms with E-state index in [1.54, 1.807) is 7.11 Å². The molecule has 0 aliphatic rings. The van der Waals surface area contributed by atoms with E-state index in [1.165, 1.54) is 18.2 Å². The number of nitrogens with zero attached hydrogens (tertiary/aromatic N) is 1. The Morgan fingerprint density at radius 1 is 0.926 bits per heavy atom. The van der Waals surface area contributed by atoms with Crippen molar-refractivity contribution in [3.8, 4) is 0 Å². The van der Waals surface area contributed by atoms with Gasteiger partial charge in [-0.05, 0) is 61.9 Å². The van der Waals surface area contributed by atoms with Gasteiger partial charge in [-0.2, -0.15) is 5.06 Å². The summed E-state index contributed by atoms with van der Waals surface area (Å²) in [6.07, 6.45) is 2.21. The first-order valence-corrected chi connectivity index (χ1v) is 9.72. The van der Waals surface area contributed by atoms with Crippen molar-refractivity contribution in [3.05, 3.63) is 70.3 Å². The molecule has 2 aromatic rings. The summed E-state index contributed by atoms with van der Waals surface area (Å²) in [5.74, 6) is -1.05. The molecule has 0 spiro atoms. The highest BCUT2D eigenvalue weighted by atomic mass is 19.1. The fourth-order valence-electron chi connectivity index (χ4n) is 3.99. The van der Waals surface area contributed by atoms with E-state index in [0.717, 1.165) is 29.5 Å². The Morgan fingerprint density at radius 2 is 1.44 bits per heavy atom. The van der Waals surface area contributed by atoms with Gasteiger partial charge in [-0.3, -0.25) is 0 Å². The van der Waals surface area contributed by atoms with Gasteiger partial charge in [0, 0.05) is 24.1 Å². The van der Waals surface area contributed by atoms with Gasteiger partial charge in [0.05, 0.1) is 7.11 Å². The van der Waals surface area contributed by atoms with Crippen molar-refractivity contribution in [1.29, 1.82) is 0 Å². The molecule has 0 saturated heterocycles. The van der Waals surface area contributed by atoms with Crippen LogP contribution in [0, 0.1) is 25.5 Å². The maximum Gasteiger partial charge on any atom is 0.129 e. The lowest BCUT2D eigenvalue weighted by Crippen LogP contribution is -2.37. The molecule has 2 rings (SSSR count). The van der Waals surface area contributed by atoms with Crippen LogP contribution in [0.15, 0.2) is 36.4 Å². The van der Waals surface area contributed by atoms with Gasteiger partial charge in [-0.1, -0.05) is 38.1 Å². The average Bonchev–Trinajstić information content (AvgIpc) is 2.64. The maximum absolute atomic E-state index is 14.4. The number of halogens is 2. The summed E-state index contributed by atoms with van der Waals surface area (Å²) in [5, 5.41) is 1.97. The van der Waals surface area contributed by atoms with Gasteiger partial charge in [-0.25, -0.2) is 8.78 Å². The van der Waals surface area contributed by atoms with Crippen molar-refractivity contribution in [2.24, 2.45) is 0 Å². The lowest BCUT2D eigenvalue weighted by molar-refractivity contribution is -0.166. The number of aryl methyl sites for hydroxylation is 2. The molecule has 0 heterocycles. The standard InChI is InChI=1S/C23H31F2NO/c1-6-19(7-2)26(27-5)15-18(23-16(3)10-8-11-17(23)4)14-20-21(24)12-9-13-22(20)25/h8-13,18-19H,6-7,14-15H2,1-5H3. The van der Waals surface area contributed by atoms with Crippen molar-refractivity contribution in [2.75, 3.05) is 13.7 Å². The first kappa shape index (κ1) is 21.5. The first-order valence-electron chi connectivity index (χ1n) is 9.72. The predicted octanol–water partition coefficient (Wildman–Crippen LogP) is 5.96. The molecule has 4 heteroatoms. The van der Waals surface area contributed by atoms with Crippen molar-refractivity contribution < 1.29 is 13.6 Å². The van der Waals surface area contributed by atoms with Crippen LogP contribution in [0.4, 0.5) is 8.78 Å². The van der Waals surface area contributed by atoms with E-state index in [-0.39, 0.29) is 17.5 Å². The molecule has 0 fully saturated rings. The fraction of sp³-hybridized carbons (Fsp3) is 0.478. The number of benzene rings is 2. The molecule has 2 nitrogen and oxygen atoms in total. The number of hydroxylamine groups is 2. The Bertz CT molecular complexity index is 703. The van der Waals surface area contributed by atoms with Gasteiger partial charge < -0.3 is 4.84 Å². The molecule has 1 unspecified atom stereocenters. The molecule has 0 bridgehead atoms. The highest BCUT2D eigenvalue weighted by molar-refractivity contribution is 5.38. The summed E-state index contributed by atoms with van der Waals surface area (Å²) in [4.78, 5) is 5.67. The monoisotopic (exact) mass is 375 g/mol. The molecule has 2 aromatic carbocycles. The van der Waals surface area contributed by atoms with Gasteiger partial charge in [0.25, 0.3) is 0 Å². The molecule has 0 aliphatic heterocycles. The molecule has 27 heavy (non-hydrogen) atoms. The Kier molecular flexibility index (Phi) is 7.93. The van der Waals surface area contributed by atoms with Crippen LogP contribution in [0.1, 0.15) is 54.9 Å². The van der Waals surface area contributed by atoms with E-state index in [1.807, 2.05) is 11.1 Å². The van der Waals surface area contributed by atoms with Crippen molar-refractivity contribution in [3.63, 3.8) is 0 Å². The van der Waals surface area contributed by atoms with Gasteiger partial charge in [0.15, 0.2) is 0 Å². The fourth-order valence-corrected chi connectivity index (χ4v) is 3.99. The lowest BCUT2D eigenvalue weighted by atomic mass is 9.85. The highest BCUT2D eigenvalue weighted by Crippen LogP contribution is 2.31. The third kappa shape index (κ3) is 5.14. The Morgan fingerprint density at radius 3 is 1.93 bits per heavy atom. The zero-order valence-electron chi connectivity index (χ0n) is 17.1. The Balaban J connectivity index is 2.45. The highest BCUT2D eigenvalue weighted by Gasteiger charge is 2.25.